The molecule has 22 heavy (non-hydrogen) atoms. The molecule has 2 rings (SSSR count). The van der Waals surface area contributed by atoms with Gasteiger partial charge in [-0.25, -0.2) is 9.18 Å². The van der Waals surface area contributed by atoms with Gasteiger partial charge in [0.2, 0.25) is 5.91 Å². The van der Waals surface area contributed by atoms with Crippen LogP contribution in [0.1, 0.15) is 5.56 Å². The molecule has 1 fully saturated rings. The summed E-state index contributed by atoms with van der Waals surface area (Å²) in [6, 6.07) is 4.03. The number of amides is 3. The van der Waals surface area contributed by atoms with Crippen LogP contribution in [-0.2, 0) is 11.3 Å². The molecule has 1 aliphatic rings. The summed E-state index contributed by atoms with van der Waals surface area (Å²) in [7, 11) is 1.53. The summed E-state index contributed by atoms with van der Waals surface area (Å²) in [6.45, 7) is -0.222. The molecule has 1 atom stereocenters. The van der Waals surface area contributed by atoms with Gasteiger partial charge in [0.25, 0.3) is 0 Å². The van der Waals surface area contributed by atoms with E-state index in [1.807, 2.05) is 0 Å². The second-order valence-corrected chi connectivity index (χ2v) is 5.84. The van der Waals surface area contributed by atoms with Gasteiger partial charge in [-0.05, 0) is 17.7 Å². The van der Waals surface area contributed by atoms with Crippen molar-refractivity contribution in [3.05, 3.63) is 33.8 Å². The average Bonchev–Trinajstić information content (AvgIpc) is 2.75. The number of hydrogen-bond donors (Lipinski definition) is 1. The number of rotatable bonds is 5. The lowest BCUT2D eigenvalue weighted by atomic mass is 10.2. The highest BCUT2D eigenvalue weighted by Crippen LogP contribution is 2.21. The molecule has 0 unspecified atom stereocenters. The Labute approximate surface area is 138 Å². The predicted molar refractivity (Wildman–Crippen MR) is 82.8 cm³/mol. The fourth-order valence-corrected chi connectivity index (χ4v) is 2.75. The Morgan fingerprint density at radius 1 is 1.45 bits per heavy atom. The Hall–Kier alpha value is -1.53. The molecule has 0 saturated carbocycles. The first kappa shape index (κ1) is 16.8. The predicted octanol–water partition coefficient (Wildman–Crippen LogP) is 2.32. The fourth-order valence-electron chi connectivity index (χ4n) is 2.28. The number of halogens is 3. The summed E-state index contributed by atoms with van der Waals surface area (Å²) in [5.74, 6) is -0.303. The molecule has 1 heterocycles. The Bertz CT molecular complexity index is 585. The number of hydrogen-bond acceptors (Lipinski definition) is 2. The number of likely N-dealkylation sites (N-methyl/N-ethyl adjacent to an activating group) is 1. The second kappa shape index (κ2) is 7.15. The van der Waals surface area contributed by atoms with Crippen LogP contribution in [0.3, 0.4) is 0 Å². The zero-order chi connectivity index (χ0) is 16.3. The number of carbonyl (C=O) groups excluding carboxylic acids is 2. The Kier molecular flexibility index (Phi) is 5.47. The molecule has 1 aliphatic heterocycles. The van der Waals surface area contributed by atoms with Crippen LogP contribution in [0.2, 0.25) is 10.0 Å². The first-order valence-corrected chi connectivity index (χ1v) is 7.49. The Morgan fingerprint density at radius 2 is 2.18 bits per heavy atom. The van der Waals surface area contributed by atoms with Gasteiger partial charge in [-0.15, -0.1) is 0 Å². The number of nitrogens with one attached hydrogen (secondary N) is 1. The number of carbonyl (C=O) groups is 2. The number of alkyl halides is 1. The van der Waals surface area contributed by atoms with Crippen LogP contribution in [0.25, 0.3) is 0 Å². The summed E-state index contributed by atoms with van der Waals surface area (Å²) in [5.41, 5.74) is 0.729. The molecule has 1 N–H and O–H groups in total. The lowest BCUT2D eigenvalue weighted by Crippen LogP contribution is -2.43. The van der Waals surface area contributed by atoms with Crippen molar-refractivity contribution in [3.8, 4) is 0 Å². The van der Waals surface area contributed by atoms with E-state index in [1.165, 1.54) is 16.8 Å². The standard InChI is InChI=1S/C14H16Cl2FN3O2/c1-19-12(8-20(5-4-17)14(19)22)13(21)18-7-9-2-3-10(15)6-11(9)16/h2-3,6,12H,4-5,7-8H2,1H3,(H,18,21)/t12-/m0/s1. The summed E-state index contributed by atoms with van der Waals surface area (Å²) < 4.78 is 12.4. The number of benzene rings is 1. The largest absolute Gasteiger partial charge is 0.350 e. The number of urea groups is 1. The van der Waals surface area contributed by atoms with Gasteiger partial charge in [0, 0.05) is 23.6 Å². The van der Waals surface area contributed by atoms with Gasteiger partial charge >= 0.3 is 6.03 Å². The van der Waals surface area contributed by atoms with Crippen LogP contribution in [0, 0.1) is 0 Å². The highest BCUT2D eigenvalue weighted by molar-refractivity contribution is 6.35. The van der Waals surface area contributed by atoms with Crippen molar-refractivity contribution in [3.63, 3.8) is 0 Å². The van der Waals surface area contributed by atoms with Crippen LogP contribution in [0.4, 0.5) is 9.18 Å². The molecule has 1 aromatic rings. The van der Waals surface area contributed by atoms with Gasteiger partial charge in [0.1, 0.15) is 12.7 Å². The number of nitrogens with zero attached hydrogens (tertiary/aromatic N) is 2. The molecule has 1 saturated heterocycles. The normalized spacial score (nSPS) is 18.0. The lowest BCUT2D eigenvalue weighted by Gasteiger charge is -2.17. The van der Waals surface area contributed by atoms with Crippen LogP contribution in [0.5, 0.6) is 0 Å². The monoisotopic (exact) mass is 347 g/mol. The van der Waals surface area contributed by atoms with Crippen molar-refractivity contribution in [2.75, 3.05) is 26.8 Å². The smallest absolute Gasteiger partial charge is 0.320 e. The van der Waals surface area contributed by atoms with Crippen molar-refractivity contribution in [2.24, 2.45) is 0 Å². The highest BCUT2D eigenvalue weighted by atomic mass is 35.5. The van der Waals surface area contributed by atoms with E-state index in [9.17, 15) is 14.0 Å². The van der Waals surface area contributed by atoms with Gasteiger partial charge in [0.05, 0.1) is 13.1 Å². The Balaban J connectivity index is 1.96. The van der Waals surface area contributed by atoms with Gasteiger partial charge in [-0.3, -0.25) is 4.79 Å². The van der Waals surface area contributed by atoms with Gasteiger partial charge < -0.3 is 15.1 Å². The van der Waals surface area contributed by atoms with Gasteiger partial charge in [-0.1, -0.05) is 29.3 Å². The van der Waals surface area contributed by atoms with Crippen LogP contribution in [0.15, 0.2) is 18.2 Å². The van der Waals surface area contributed by atoms with Gasteiger partial charge in [0.15, 0.2) is 0 Å². The Morgan fingerprint density at radius 3 is 2.82 bits per heavy atom. The minimum Gasteiger partial charge on any atom is -0.350 e. The third-order valence-electron chi connectivity index (χ3n) is 3.56. The summed E-state index contributed by atoms with van der Waals surface area (Å²) in [6.07, 6.45) is 0. The maximum absolute atomic E-state index is 12.4. The van der Waals surface area contributed by atoms with Crippen LogP contribution in [-0.4, -0.2) is 54.6 Å². The summed E-state index contributed by atoms with van der Waals surface area (Å²) in [4.78, 5) is 26.7. The molecule has 0 bridgehead atoms. The summed E-state index contributed by atoms with van der Waals surface area (Å²) >= 11 is 11.9. The third-order valence-corrected chi connectivity index (χ3v) is 4.15. The first-order valence-electron chi connectivity index (χ1n) is 6.73. The third kappa shape index (κ3) is 3.62. The second-order valence-electron chi connectivity index (χ2n) is 5.00. The molecule has 8 heteroatoms. The van der Waals surface area contributed by atoms with E-state index in [4.69, 9.17) is 23.2 Å². The quantitative estimate of drug-likeness (QED) is 0.888. The minimum absolute atomic E-state index is 0.00400. The van der Waals surface area contributed by atoms with E-state index in [0.717, 1.165) is 5.56 Å². The molecule has 3 amide bonds. The van der Waals surface area contributed by atoms with Crippen molar-refractivity contribution >= 4 is 35.1 Å². The molecule has 120 valence electrons. The van der Waals surface area contributed by atoms with E-state index in [0.29, 0.717) is 10.0 Å². The maximum atomic E-state index is 12.4. The zero-order valence-electron chi connectivity index (χ0n) is 12.0. The molecule has 0 radical (unpaired) electrons. The van der Waals surface area contributed by atoms with Crippen LogP contribution >= 0.6 is 23.2 Å². The van der Waals surface area contributed by atoms with Gasteiger partial charge in [-0.2, -0.15) is 0 Å². The zero-order valence-corrected chi connectivity index (χ0v) is 13.5. The van der Waals surface area contributed by atoms with E-state index in [2.05, 4.69) is 5.32 Å². The maximum Gasteiger partial charge on any atom is 0.320 e. The lowest BCUT2D eigenvalue weighted by molar-refractivity contribution is -0.124. The molecular formula is C14H16Cl2FN3O2. The first-order chi connectivity index (χ1) is 10.4. The molecular weight excluding hydrogens is 332 g/mol. The average molecular weight is 348 g/mol. The van der Waals surface area contributed by atoms with Crippen LogP contribution < -0.4 is 5.32 Å². The molecule has 0 aliphatic carbocycles. The molecule has 1 aromatic carbocycles. The van der Waals surface area contributed by atoms with E-state index < -0.39 is 12.7 Å². The fraction of sp³-hybridized carbons (Fsp3) is 0.429. The minimum atomic E-state index is -0.634. The van der Waals surface area contributed by atoms with E-state index in [1.54, 1.807) is 18.2 Å². The SMILES string of the molecule is CN1C(=O)N(CCF)C[C@H]1C(=O)NCc1ccc(Cl)cc1Cl. The van der Waals surface area contributed by atoms with Crippen molar-refractivity contribution in [2.45, 2.75) is 12.6 Å². The van der Waals surface area contributed by atoms with Crippen molar-refractivity contribution in [1.82, 2.24) is 15.1 Å². The topological polar surface area (TPSA) is 52.7 Å². The molecule has 0 aromatic heterocycles. The molecule has 5 nitrogen and oxygen atoms in total. The van der Waals surface area contributed by atoms with Crippen molar-refractivity contribution < 1.29 is 14.0 Å². The molecule has 0 spiro atoms. The van der Waals surface area contributed by atoms with Crippen molar-refractivity contribution in [1.29, 1.82) is 0 Å². The van der Waals surface area contributed by atoms with E-state index in [-0.39, 0.29) is 31.6 Å². The van der Waals surface area contributed by atoms with E-state index >= 15 is 0 Å². The highest BCUT2D eigenvalue weighted by Gasteiger charge is 2.38. The summed E-state index contributed by atoms with van der Waals surface area (Å²) in [5, 5.41) is 3.71.